The van der Waals surface area contributed by atoms with Crippen molar-refractivity contribution in [2.45, 2.75) is 33.1 Å². The first-order valence-electron chi connectivity index (χ1n) is 8.52. The van der Waals surface area contributed by atoms with Crippen molar-refractivity contribution < 1.29 is 9.47 Å². The van der Waals surface area contributed by atoms with Crippen LogP contribution in [0.4, 0.5) is 0 Å². The molecule has 0 atom stereocenters. The van der Waals surface area contributed by atoms with Gasteiger partial charge < -0.3 is 25.0 Å². The SMILES string of the molecule is CCN(CC)CCCCNC(=NC)NCCCOCCOC. The summed E-state index contributed by atoms with van der Waals surface area (Å²) in [6.07, 6.45) is 3.35. The van der Waals surface area contributed by atoms with Gasteiger partial charge in [-0.15, -0.1) is 0 Å². The van der Waals surface area contributed by atoms with E-state index < -0.39 is 0 Å². The van der Waals surface area contributed by atoms with Gasteiger partial charge in [-0.2, -0.15) is 0 Å². The van der Waals surface area contributed by atoms with Gasteiger partial charge in [-0.1, -0.05) is 13.8 Å². The minimum absolute atomic E-state index is 0.657. The van der Waals surface area contributed by atoms with Gasteiger partial charge in [-0.05, 0) is 38.9 Å². The van der Waals surface area contributed by atoms with E-state index in [0.717, 1.165) is 51.6 Å². The average Bonchev–Trinajstić information content (AvgIpc) is 2.55. The van der Waals surface area contributed by atoms with Crippen molar-refractivity contribution in [2.75, 3.05) is 66.7 Å². The van der Waals surface area contributed by atoms with E-state index in [1.54, 1.807) is 14.2 Å². The van der Waals surface area contributed by atoms with Crippen LogP contribution >= 0.6 is 0 Å². The summed E-state index contributed by atoms with van der Waals surface area (Å²) in [5.41, 5.74) is 0. The zero-order valence-electron chi connectivity index (χ0n) is 15.0. The van der Waals surface area contributed by atoms with Crippen LogP contribution in [0.25, 0.3) is 0 Å². The van der Waals surface area contributed by atoms with Crippen molar-refractivity contribution in [3.63, 3.8) is 0 Å². The van der Waals surface area contributed by atoms with Crippen LogP contribution in [0, 0.1) is 0 Å². The van der Waals surface area contributed by atoms with Crippen LogP contribution in [-0.4, -0.2) is 77.6 Å². The Labute approximate surface area is 136 Å². The van der Waals surface area contributed by atoms with E-state index in [1.165, 1.54) is 13.0 Å². The molecule has 0 aromatic heterocycles. The fraction of sp³-hybridized carbons (Fsp3) is 0.938. The molecule has 0 saturated heterocycles. The van der Waals surface area contributed by atoms with Gasteiger partial charge >= 0.3 is 0 Å². The van der Waals surface area contributed by atoms with Crippen molar-refractivity contribution in [1.82, 2.24) is 15.5 Å². The maximum absolute atomic E-state index is 5.42. The third-order valence-corrected chi connectivity index (χ3v) is 3.50. The number of aliphatic imine (C=N–C) groups is 1. The molecule has 0 spiro atoms. The number of hydrogen-bond donors (Lipinski definition) is 2. The van der Waals surface area contributed by atoms with Crippen LogP contribution in [0.1, 0.15) is 33.1 Å². The Morgan fingerprint density at radius 3 is 2.23 bits per heavy atom. The fourth-order valence-corrected chi connectivity index (χ4v) is 2.05. The smallest absolute Gasteiger partial charge is 0.190 e. The molecule has 0 aliphatic heterocycles. The Balaban J connectivity index is 3.48. The number of rotatable bonds is 14. The lowest BCUT2D eigenvalue weighted by atomic mass is 10.3. The zero-order chi connectivity index (χ0) is 16.5. The average molecular weight is 316 g/mol. The lowest BCUT2D eigenvalue weighted by Crippen LogP contribution is -2.38. The van der Waals surface area contributed by atoms with Gasteiger partial charge in [0.2, 0.25) is 0 Å². The van der Waals surface area contributed by atoms with Crippen LogP contribution in [0.3, 0.4) is 0 Å². The summed E-state index contributed by atoms with van der Waals surface area (Å²) in [4.78, 5) is 6.68. The number of ether oxygens (including phenoxy) is 2. The van der Waals surface area contributed by atoms with Gasteiger partial charge in [0.15, 0.2) is 5.96 Å². The molecule has 6 heteroatoms. The molecule has 0 aromatic rings. The van der Waals surface area contributed by atoms with Crippen LogP contribution < -0.4 is 10.6 Å². The normalized spacial score (nSPS) is 12.0. The summed E-state index contributed by atoms with van der Waals surface area (Å²) in [7, 11) is 3.49. The number of unbranched alkanes of at least 4 members (excludes halogenated alkanes) is 1. The number of nitrogens with one attached hydrogen (secondary N) is 2. The second kappa shape index (κ2) is 16.5. The molecule has 6 nitrogen and oxygen atoms in total. The maximum Gasteiger partial charge on any atom is 0.190 e. The Morgan fingerprint density at radius 1 is 0.955 bits per heavy atom. The highest BCUT2D eigenvalue weighted by Crippen LogP contribution is 1.93. The summed E-state index contributed by atoms with van der Waals surface area (Å²) < 4.78 is 10.3. The van der Waals surface area contributed by atoms with Crippen molar-refractivity contribution in [1.29, 1.82) is 0 Å². The van der Waals surface area contributed by atoms with Crippen molar-refractivity contribution in [3.05, 3.63) is 0 Å². The molecule has 2 N–H and O–H groups in total. The van der Waals surface area contributed by atoms with Crippen LogP contribution in [-0.2, 0) is 9.47 Å². The second-order valence-corrected chi connectivity index (χ2v) is 5.12. The highest BCUT2D eigenvalue weighted by molar-refractivity contribution is 5.79. The first kappa shape index (κ1) is 21.1. The van der Waals surface area contributed by atoms with E-state index in [-0.39, 0.29) is 0 Å². The molecule has 0 aliphatic carbocycles. The molecule has 0 heterocycles. The summed E-state index contributed by atoms with van der Waals surface area (Å²) in [5.74, 6) is 0.875. The predicted molar refractivity (Wildman–Crippen MR) is 93.7 cm³/mol. The van der Waals surface area contributed by atoms with Crippen molar-refractivity contribution in [3.8, 4) is 0 Å². The van der Waals surface area contributed by atoms with Gasteiger partial charge in [0, 0.05) is 33.9 Å². The van der Waals surface area contributed by atoms with Crippen LogP contribution in [0.15, 0.2) is 4.99 Å². The molecule has 0 bridgehead atoms. The van der Waals surface area contributed by atoms with E-state index in [4.69, 9.17) is 9.47 Å². The van der Waals surface area contributed by atoms with Crippen LogP contribution in [0.5, 0.6) is 0 Å². The standard InChI is InChI=1S/C16H36N4O2/c1-5-20(6-2)12-8-7-10-18-16(17-3)19-11-9-13-22-15-14-21-4/h5-15H2,1-4H3,(H2,17,18,19). The molecular formula is C16H36N4O2. The summed E-state index contributed by atoms with van der Waals surface area (Å²) in [6, 6.07) is 0. The minimum Gasteiger partial charge on any atom is -0.382 e. The number of nitrogens with zero attached hydrogens (tertiary/aromatic N) is 2. The predicted octanol–water partition coefficient (Wildman–Crippen LogP) is 1.33. The third-order valence-electron chi connectivity index (χ3n) is 3.50. The van der Waals surface area contributed by atoms with Gasteiger partial charge in [0.25, 0.3) is 0 Å². The Morgan fingerprint density at radius 2 is 1.64 bits per heavy atom. The molecule has 132 valence electrons. The first-order chi connectivity index (χ1) is 10.8. The Hall–Kier alpha value is -0.850. The summed E-state index contributed by atoms with van der Waals surface area (Å²) in [6.45, 7) is 11.8. The molecule has 0 aromatic carbocycles. The van der Waals surface area contributed by atoms with Gasteiger partial charge in [-0.25, -0.2) is 0 Å². The third kappa shape index (κ3) is 12.9. The molecule has 0 amide bonds. The molecule has 0 unspecified atom stereocenters. The van der Waals surface area contributed by atoms with E-state index in [2.05, 4.69) is 34.4 Å². The molecular weight excluding hydrogens is 280 g/mol. The first-order valence-corrected chi connectivity index (χ1v) is 8.52. The van der Waals surface area contributed by atoms with E-state index in [9.17, 15) is 0 Å². The molecule has 0 fully saturated rings. The van der Waals surface area contributed by atoms with E-state index in [1.807, 2.05) is 0 Å². The molecule has 0 rings (SSSR count). The van der Waals surface area contributed by atoms with E-state index >= 15 is 0 Å². The molecule has 0 saturated carbocycles. The fourth-order valence-electron chi connectivity index (χ4n) is 2.05. The van der Waals surface area contributed by atoms with Gasteiger partial charge in [0.05, 0.1) is 13.2 Å². The Kier molecular flexibility index (Phi) is 15.9. The topological polar surface area (TPSA) is 58.1 Å². The zero-order valence-corrected chi connectivity index (χ0v) is 15.0. The largest absolute Gasteiger partial charge is 0.382 e. The maximum atomic E-state index is 5.42. The Bertz CT molecular complexity index is 259. The highest BCUT2D eigenvalue weighted by atomic mass is 16.5. The quantitative estimate of drug-likeness (QED) is 0.288. The highest BCUT2D eigenvalue weighted by Gasteiger charge is 1.99. The van der Waals surface area contributed by atoms with Gasteiger partial charge in [-0.3, -0.25) is 4.99 Å². The number of guanidine groups is 1. The minimum atomic E-state index is 0.657. The van der Waals surface area contributed by atoms with Crippen LogP contribution in [0.2, 0.25) is 0 Å². The lowest BCUT2D eigenvalue weighted by molar-refractivity contribution is 0.0698. The van der Waals surface area contributed by atoms with Crippen molar-refractivity contribution >= 4 is 5.96 Å². The van der Waals surface area contributed by atoms with Crippen molar-refractivity contribution in [2.24, 2.45) is 4.99 Å². The summed E-state index contributed by atoms with van der Waals surface area (Å²) in [5, 5.41) is 6.65. The second-order valence-electron chi connectivity index (χ2n) is 5.12. The number of methoxy groups -OCH3 is 1. The van der Waals surface area contributed by atoms with Gasteiger partial charge in [0.1, 0.15) is 0 Å². The molecule has 0 radical (unpaired) electrons. The number of hydrogen-bond acceptors (Lipinski definition) is 4. The molecule has 0 aliphatic rings. The monoisotopic (exact) mass is 316 g/mol. The van der Waals surface area contributed by atoms with E-state index in [0.29, 0.717) is 13.2 Å². The lowest BCUT2D eigenvalue weighted by Gasteiger charge is -2.18. The summed E-state index contributed by atoms with van der Waals surface area (Å²) >= 11 is 0. The molecule has 22 heavy (non-hydrogen) atoms.